The second-order valence-corrected chi connectivity index (χ2v) is 5.28. The van der Waals surface area contributed by atoms with Crippen molar-refractivity contribution in [2.75, 3.05) is 13.2 Å². The number of unbranched alkanes of at least 4 members (excludes halogenated alkanes) is 2. The van der Waals surface area contributed by atoms with Gasteiger partial charge in [0.15, 0.2) is 5.65 Å². The number of hydrogen-bond donors (Lipinski definition) is 0. The smallest absolute Gasteiger partial charge is 0.343 e. The number of hydrogen-bond acceptors (Lipinski definition) is 6. The van der Waals surface area contributed by atoms with Crippen molar-refractivity contribution in [2.45, 2.75) is 46.6 Å². The van der Waals surface area contributed by atoms with Crippen LogP contribution in [0.25, 0.3) is 11.0 Å². The Labute approximate surface area is 141 Å². The van der Waals surface area contributed by atoms with Crippen molar-refractivity contribution in [2.24, 2.45) is 0 Å². The summed E-state index contributed by atoms with van der Waals surface area (Å²) in [5, 5.41) is 13.7. The molecule has 0 aliphatic rings. The lowest BCUT2D eigenvalue weighted by Crippen LogP contribution is -2.12. The quantitative estimate of drug-likeness (QED) is 0.546. The lowest BCUT2D eigenvalue weighted by atomic mass is 10.1. The van der Waals surface area contributed by atoms with Crippen molar-refractivity contribution in [3.05, 3.63) is 17.5 Å². The SMILES string of the molecule is CCOC(=O)c1c(C)nc2c(cnn2CCCCC#N)c1OCC. The topological polar surface area (TPSA) is 90.0 Å². The van der Waals surface area contributed by atoms with Crippen LogP contribution in [0.5, 0.6) is 5.75 Å². The number of rotatable bonds is 8. The molecule has 0 N–H and O–H groups in total. The normalized spacial score (nSPS) is 10.6. The highest BCUT2D eigenvalue weighted by Crippen LogP contribution is 2.31. The molecule has 0 bridgehead atoms. The third-order valence-corrected chi connectivity index (χ3v) is 3.60. The molecule has 0 amide bonds. The highest BCUT2D eigenvalue weighted by molar-refractivity contribution is 6.00. The number of nitriles is 1. The third kappa shape index (κ3) is 3.65. The van der Waals surface area contributed by atoms with E-state index in [1.165, 1.54) is 0 Å². The van der Waals surface area contributed by atoms with E-state index in [1.807, 2.05) is 6.92 Å². The monoisotopic (exact) mass is 330 g/mol. The summed E-state index contributed by atoms with van der Waals surface area (Å²) < 4.78 is 12.6. The van der Waals surface area contributed by atoms with Crippen molar-refractivity contribution < 1.29 is 14.3 Å². The van der Waals surface area contributed by atoms with Crippen LogP contribution in [0.4, 0.5) is 0 Å². The Morgan fingerprint density at radius 1 is 1.33 bits per heavy atom. The Bertz CT molecular complexity index is 761. The van der Waals surface area contributed by atoms with Crippen LogP contribution < -0.4 is 4.74 Å². The molecule has 0 aliphatic heterocycles. The summed E-state index contributed by atoms with van der Waals surface area (Å²) in [5.41, 5.74) is 1.60. The molecule has 0 fully saturated rings. The van der Waals surface area contributed by atoms with Gasteiger partial charge in [-0.15, -0.1) is 0 Å². The number of carbonyl (C=O) groups is 1. The number of nitrogens with zero attached hydrogens (tertiary/aromatic N) is 4. The maximum atomic E-state index is 12.3. The van der Waals surface area contributed by atoms with E-state index in [-0.39, 0.29) is 0 Å². The van der Waals surface area contributed by atoms with E-state index in [0.29, 0.717) is 54.2 Å². The molecule has 2 heterocycles. The summed E-state index contributed by atoms with van der Waals surface area (Å²) in [5.74, 6) is 0.0383. The summed E-state index contributed by atoms with van der Waals surface area (Å²) in [6, 6.07) is 2.14. The lowest BCUT2D eigenvalue weighted by Gasteiger charge is -2.13. The van der Waals surface area contributed by atoms with Gasteiger partial charge in [-0.1, -0.05) is 0 Å². The van der Waals surface area contributed by atoms with Crippen LogP contribution in [-0.4, -0.2) is 33.9 Å². The van der Waals surface area contributed by atoms with Gasteiger partial charge in [0.2, 0.25) is 0 Å². The van der Waals surface area contributed by atoms with Crippen LogP contribution in [0, 0.1) is 18.3 Å². The Morgan fingerprint density at radius 3 is 2.79 bits per heavy atom. The molecule has 0 saturated carbocycles. The second-order valence-electron chi connectivity index (χ2n) is 5.28. The van der Waals surface area contributed by atoms with Crippen molar-refractivity contribution >= 4 is 17.0 Å². The molecule has 0 saturated heterocycles. The summed E-state index contributed by atoms with van der Waals surface area (Å²) in [6.07, 6.45) is 3.85. The molecule has 24 heavy (non-hydrogen) atoms. The van der Waals surface area contributed by atoms with E-state index in [1.54, 1.807) is 24.7 Å². The lowest BCUT2D eigenvalue weighted by molar-refractivity contribution is 0.0521. The first-order valence-electron chi connectivity index (χ1n) is 8.17. The van der Waals surface area contributed by atoms with Gasteiger partial charge in [-0.25, -0.2) is 14.5 Å². The van der Waals surface area contributed by atoms with Crippen LogP contribution in [0.15, 0.2) is 6.20 Å². The van der Waals surface area contributed by atoms with Gasteiger partial charge in [-0.2, -0.15) is 10.4 Å². The Kier molecular flexibility index (Phi) is 6.13. The van der Waals surface area contributed by atoms with Gasteiger partial charge in [0.05, 0.1) is 36.6 Å². The Balaban J connectivity index is 2.44. The number of pyridine rings is 1. The zero-order valence-corrected chi connectivity index (χ0v) is 14.3. The van der Waals surface area contributed by atoms with E-state index in [2.05, 4.69) is 16.2 Å². The highest BCUT2D eigenvalue weighted by Gasteiger charge is 2.23. The van der Waals surface area contributed by atoms with Crippen molar-refractivity contribution in [1.29, 1.82) is 5.26 Å². The number of esters is 1. The Morgan fingerprint density at radius 2 is 2.12 bits per heavy atom. The minimum Gasteiger partial charge on any atom is -0.492 e. The van der Waals surface area contributed by atoms with Crippen molar-refractivity contribution in [3.63, 3.8) is 0 Å². The molecule has 0 aromatic carbocycles. The molecule has 7 nitrogen and oxygen atoms in total. The van der Waals surface area contributed by atoms with E-state index in [9.17, 15) is 4.79 Å². The zero-order valence-electron chi connectivity index (χ0n) is 14.3. The van der Waals surface area contributed by atoms with Crippen molar-refractivity contribution in [3.8, 4) is 11.8 Å². The minimum absolute atomic E-state index is 0.292. The molecule has 7 heteroatoms. The van der Waals surface area contributed by atoms with E-state index < -0.39 is 5.97 Å². The van der Waals surface area contributed by atoms with Gasteiger partial charge < -0.3 is 9.47 Å². The fourth-order valence-corrected chi connectivity index (χ4v) is 2.54. The van der Waals surface area contributed by atoms with Crippen molar-refractivity contribution in [1.82, 2.24) is 14.8 Å². The predicted molar refractivity (Wildman–Crippen MR) is 88.9 cm³/mol. The van der Waals surface area contributed by atoms with Crippen LogP contribution in [0.3, 0.4) is 0 Å². The minimum atomic E-state index is -0.436. The molecular weight excluding hydrogens is 308 g/mol. The third-order valence-electron chi connectivity index (χ3n) is 3.60. The highest BCUT2D eigenvalue weighted by atomic mass is 16.5. The molecule has 2 aromatic heterocycles. The first-order chi connectivity index (χ1) is 11.6. The standard InChI is InChI=1S/C17H22N4O3/c1-4-23-15-13-11-19-21(10-8-6-7-9-18)16(13)20-12(3)14(15)17(22)24-5-2/h11H,4-8,10H2,1-3H3. The molecule has 2 rings (SSSR count). The first kappa shape index (κ1) is 17.7. The van der Waals surface area contributed by atoms with Gasteiger partial charge in [-0.3, -0.25) is 0 Å². The van der Waals surface area contributed by atoms with E-state index in [4.69, 9.17) is 14.7 Å². The maximum absolute atomic E-state index is 12.3. The van der Waals surface area contributed by atoms with Gasteiger partial charge >= 0.3 is 5.97 Å². The van der Waals surface area contributed by atoms with E-state index >= 15 is 0 Å². The molecule has 0 spiro atoms. The van der Waals surface area contributed by atoms with E-state index in [0.717, 1.165) is 12.8 Å². The number of carbonyl (C=O) groups excluding carboxylic acids is 1. The van der Waals surface area contributed by atoms with Gasteiger partial charge in [-0.05, 0) is 33.6 Å². The average Bonchev–Trinajstić information content (AvgIpc) is 2.95. The number of ether oxygens (including phenoxy) is 2. The number of aromatic nitrogens is 3. The van der Waals surface area contributed by atoms with Gasteiger partial charge in [0.1, 0.15) is 11.3 Å². The van der Waals surface area contributed by atoms with Gasteiger partial charge in [0.25, 0.3) is 0 Å². The molecule has 128 valence electrons. The Hall–Kier alpha value is -2.62. The molecule has 0 unspecified atom stereocenters. The first-order valence-corrected chi connectivity index (χ1v) is 8.17. The fraction of sp³-hybridized carbons (Fsp3) is 0.529. The van der Waals surface area contributed by atoms with Gasteiger partial charge in [0, 0.05) is 13.0 Å². The van der Waals surface area contributed by atoms with Crippen LogP contribution >= 0.6 is 0 Å². The molecular formula is C17H22N4O3. The zero-order chi connectivity index (χ0) is 17.5. The summed E-state index contributed by atoms with van der Waals surface area (Å²) in [6.45, 7) is 6.78. The molecule has 0 atom stereocenters. The fourth-order valence-electron chi connectivity index (χ4n) is 2.54. The van der Waals surface area contributed by atoms with Crippen LogP contribution in [-0.2, 0) is 11.3 Å². The number of fused-ring (bicyclic) bond motifs is 1. The predicted octanol–water partition coefficient (Wildman–Crippen LogP) is 3.01. The summed E-state index contributed by atoms with van der Waals surface area (Å²) >= 11 is 0. The summed E-state index contributed by atoms with van der Waals surface area (Å²) in [4.78, 5) is 16.8. The largest absolute Gasteiger partial charge is 0.492 e. The van der Waals surface area contributed by atoms with Crippen LogP contribution in [0.2, 0.25) is 0 Å². The summed E-state index contributed by atoms with van der Waals surface area (Å²) in [7, 11) is 0. The molecule has 2 aromatic rings. The second kappa shape index (κ2) is 8.29. The average molecular weight is 330 g/mol. The van der Waals surface area contributed by atoms with Crippen LogP contribution in [0.1, 0.15) is 49.2 Å². The number of aryl methyl sites for hydroxylation is 2. The molecule has 0 radical (unpaired) electrons. The molecule has 0 aliphatic carbocycles. The maximum Gasteiger partial charge on any atom is 0.343 e.